The molecule has 0 bridgehead atoms. The molecule has 5 rings (SSSR count). The lowest BCUT2D eigenvalue weighted by atomic mass is 10.1. The van der Waals surface area contributed by atoms with Gasteiger partial charge in [-0.25, -0.2) is 9.97 Å². The number of nitrogens with one attached hydrogen (secondary N) is 3. The molecule has 2 aromatic carbocycles. The Bertz CT molecular complexity index is 1480. The van der Waals surface area contributed by atoms with Crippen molar-refractivity contribution in [2.24, 2.45) is 0 Å². The molecule has 0 aliphatic carbocycles. The van der Waals surface area contributed by atoms with Gasteiger partial charge in [-0.15, -0.1) is 11.3 Å². The normalized spacial score (nSPS) is 11.2. The molecule has 0 radical (unpaired) electrons. The second-order valence-electron chi connectivity index (χ2n) is 8.21. The molecule has 33 heavy (non-hydrogen) atoms. The number of hydrogen-bond acceptors (Lipinski definition) is 5. The first-order chi connectivity index (χ1) is 16.0. The van der Waals surface area contributed by atoms with Crippen LogP contribution in [0.25, 0.3) is 31.6 Å². The minimum atomic E-state index is -0.0820. The van der Waals surface area contributed by atoms with Gasteiger partial charge < -0.3 is 15.6 Å². The van der Waals surface area contributed by atoms with E-state index in [4.69, 9.17) is 0 Å². The number of hydrogen-bond donors (Lipinski definition) is 3. The van der Waals surface area contributed by atoms with Gasteiger partial charge in [-0.3, -0.25) is 4.79 Å². The van der Waals surface area contributed by atoms with E-state index in [2.05, 4.69) is 63.7 Å². The maximum absolute atomic E-state index is 11.4. The van der Waals surface area contributed by atoms with Crippen molar-refractivity contribution in [1.29, 1.82) is 0 Å². The molecule has 6 nitrogen and oxygen atoms in total. The molecule has 7 heteroatoms. The molecule has 0 aliphatic heterocycles. The number of anilines is 2. The van der Waals surface area contributed by atoms with E-state index in [-0.39, 0.29) is 5.91 Å². The fourth-order valence-corrected chi connectivity index (χ4v) is 5.33. The zero-order chi connectivity index (χ0) is 22.9. The number of aromatic nitrogens is 3. The fourth-order valence-electron chi connectivity index (χ4n) is 4.25. The molecule has 3 aromatic heterocycles. The number of aryl methyl sites for hydroxylation is 2. The van der Waals surface area contributed by atoms with Gasteiger partial charge in [0.25, 0.3) is 0 Å². The Kier molecular flexibility index (Phi) is 5.56. The van der Waals surface area contributed by atoms with E-state index in [1.54, 1.807) is 17.7 Å². The number of carbonyl (C=O) groups excluding carboxylic acids is 1. The SMILES string of the molecule is CC(=O)Nc1cccc(-c2cc3ncnc(NCCc4c(C)[nH]c5c(C)cccc45)c3s2)c1. The van der Waals surface area contributed by atoms with Crippen LogP contribution in [0.2, 0.25) is 0 Å². The number of rotatable bonds is 6. The molecule has 0 aliphatic rings. The lowest BCUT2D eigenvalue weighted by Gasteiger charge is -2.07. The van der Waals surface area contributed by atoms with Gasteiger partial charge in [0, 0.05) is 40.6 Å². The highest BCUT2D eigenvalue weighted by atomic mass is 32.1. The van der Waals surface area contributed by atoms with Crippen molar-refractivity contribution in [2.75, 3.05) is 17.2 Å². The number of fused-ring (bicyclic) bond motifs is 2. The summed E-state index contributed by atoms with van der Waals surface area (Å²) < 4.78 is 1.03. The monoisotopic (exact) mass is 455 g/mol. The summed E-state index contributed by atoms with van der Waals surface area (Å²) in [5.41, 5.74) is 7.78. The molecule has 0 atom stereocenters. The topological polar surface area (TPSA) is 82.7 Å². The van der Waals surface area contributed by atoms with Crippen LogP contribution in [0.1, 0.15) is 23.7 Å². The van der Waals surface area contributed by atoms with E-state index >= 15 is 0 Å². The third kappa shape index (κ3) is 4.19. The quantitative estimate of drug-likeness (QED) is 0.290. The first-order valence-corrected chi connectivity index (χ1v) is 11.7. The number of thiophene rings is 1. The summed E-state index contributed by atoms with van der Waals surface area (Å²) >= 11 is 1.65. The van der Waals surface area contributed by atoms with Crippen molar-refractivity contribution in [3.05, 3.63) is 71.7 Å². The van der Waals surface area contributed by atoms with Gasteiger partial charge >= 0.3 is 0 Å². The highest BCUT2D eigenvalue weighted by Crippen LogP contribution is 2.36. The highest BCUT2D eigenvalue weighted by Gasteiger charge is 2.13. The van der Waals surface area contributed by atoms with E-state index in [0.29, 0.717) is 0 Å². The maximum atomic E-state index is 11.4. The Balaban J connectivity index is 1.38. The van der Waals surface area contributed by atoms with Crippen molar-refractivity contribution >= 4 is 49.9 Å². The number of amides is 1. The molecule has 0 unspecified atom stereocenters. The predicted octanol–water partition coefficient (Wildman–Crippen LogP) is 6.07. The average molecular weight is 456 g/mol. The molecular formula is C26H25N5OS. The van der Waals surface area contributed by atoms with Crippen LogP contribution in [0, 0.1) is 13.8 Å². The van der Waals surface area contributed by atoms with E-state index in [1.807, 2.05) is 24.3 Å². The summed E-state index contributed by atoms with van der Waals surface area (Å²) in [6, 6.07) is 16.4. The summed E-state index contributed by atoms with van der Waals surface area (Å²) in [5.74, 6) is 0.768. The second kappa shape index (κ2) is 8.67. The number of para-hydroxylation sites is 1. The molecule has 0 saturated heterocycles. The van der Waals surface area contributed by atoms with Gasteiger partial charge in [0.15, 0.2) is 0 Å². The van der Waals surface area contributed by atoms with Crippen LogP contribution in [0.15, 0.2) is 54.9 Å². The first kappa shape index (κ1) is 21.2. The summed E-state index contributed by atoms with van der Waals surface area (Å²) in [7, 11) is 0. The molecule has 0 fully saturated rings. The lowest BCUT2D eigenvalue weighted by molar-refractivity contribution is -0.114. The predicted molar refractivity (Wildman–Crippen MR) is 137 cm³/mol. The molecule has 3 N–H and O–H groups in total. The molecule has 0 saturated carbocycles. The average Bonchev–Trinajstić information content (AvgIpc) is 3.36. The van der Waals surface area contributed by atoms with Crippen LogP contribution >= 0.6 is 11.3 Å². The minimum Gasteiger partial charge on any atom is -0.368 e. The van der Waals surface area contributed by atoms with Gasteiger partial charge in [0.2, 0.25) is 5.91 Å². The summed E-state index contributed by atoms with van der Waals surface area (Å²) in [6.07, 6.45) is 2.51. The van der Waals surface area contributed by atoms with Gasteiger partial charge in [-0.05, 0) is 55.2 Å². The Hall–Kier alpha value is -3.71. The van der Waals surface area contributed by atoms with Crippen molar-refractivity contribution < 1.29 is 4.79 Å². The van der Waals surface area contributed by atoms with E-state index in [0.717, 1.165) is 45.1 Å². The Morgan fingerprint density at radius 1 is 1.09 bits per heavy atom. The number of carbonyl (C=O) groups is 1. The molecule has 3 heterocycles. The van der Waals surface area contributed by atoms with Crippen LogP contribution in [0.3, 0.4) is 0 Å². The Morgan fingerprint density at radius 3 is 2.79 bits per heavy atom. The van der Waals surface area contributed by atoms with E-state index in [9.17, 15) is 4.79 Å². The van der Waals surface area contributed by atoms with Crippen molar-refractivity contribution in [3.63, 3.8) is 0 Å². The van der Waals surface area contributed by atoms with Crippen LogP contribution in [-0.2, 0) is 11.2 Å². The summed E-state index contributed by atoms with van der Waals surface area (Å²) in [4.78, 5) is 25.0. The van der Waals surface area contributed by atoms with Crippen LogP contribution in [-0.4, -0.2) is 27.4 Å². The lowest BCUT2D eigenvalue weighted by Crippen LogP contribution is -2.07. The smallest absolute Gasteiger partial charge is 0.221 e. The Morgan fingerprint density at radius 2 is 1.94 bits per heavy atom. The third-order valence-electron chi connectivity index (χ3n) is 5.81. The van der Waals surface area contributed by atoms with Gasteiger partial charge in [-0.1, -0.05) is 30.3 Å². The number of nitrogens with zero attached hydrogens (tertiary/aromatic N) is 2. The van der Waals surface area contributed by atoms with Crippen molar-refractivity contribution in [3.8, 4) is 10.4 Å². The summed E-state index contributed by atoms with van der Waals surface area (Å²) in [6.45, 7) is 6.56. The van der Waals surface area contributed by atoms with Crippen LogP contribution in [0.5, 0.6) is 0 Å². The van der Waals surface area contributed by atoms with Crippen LogP contribution < -0.4 is 10.6 Å². The molecule has 0 spiro atoms. The van der Waals surface area contributed by atoms with Gasteiger partial charge in [0.1, 0.15) is 12.1 Å². The summed E-state index contributed by atoms with van der Waals surface area (Å²) in [5, 5.41) is 7.66. The zero-order valence-corrected chi connectivity index (χ0v) is 19.6. The van der Waals surface area contributed by atoms with Crippen molar-refractivity contribution in [1.82, 2.24) is 15.0 Å². The second-order valence-corrected chi connectivity index (χ2v) is 9.26. The fraction of sp³-hybridized carbons (Fsp3) is 0.192. The number of benzene rings is 2. The number of aromatic amines is 1. The van der Waals surface area contributed by atoms with Crippen molar-refractivity contribution in [2.45, 2.75) is 27.2 Å². The largest absolute Gasteiger partial charge is 0.368 e. The first-order valence-electron chi connectivity index (χ1n) is 10.9. The Labute approximate surface area is 196 Å². The van der Waals surface area contributed by atoms with Gasteiger partial charge in [0.05, 0.1) is 10.2 Å². The molecule has 166 valence electrons. The molecule has 1 amide bonds. The molecule has 5 aromatic rings. The standard InChI is InChI=1S/C26H25N5OS/c1-15-6-4-9-21-20(16(2)30-24(15)21)10-11-27-26-25-22(28-14-29-26)13-23(33-25)18-7-5-8-19(12-18)31-17(3)32/h4-9,12-14,30H,10-11H2,1-3H3,(H,31,32)(H,27,28,29). The molecular weight excluding hydrogens is 430 g/mol. The van der Waals surface area contributed by atoms with Gasteiger partial charge in [-0.2, -0.15) is 0 Å². The zero-order valence-electron chi connectivity index (χ0n) is 18.8. The van der Waals surface area contributed by atoms with E-state index in [1.165, 1.54) is 34.6 Å². The highest BCUT2D eigenvalue weighted by molar-refractivity contribution is 7.22. The third-order valence-corrected chi connectivity index (χ3v) is 6.99. The minimum absolute atomic E-state index is 0.0820. The number of H-pyrrole nitrogens is 1. The maximum Gasteiger partial charge on any atom is 0.221 e. The van der Waals surface area contributed by atoms with Crippen LogP contribution in [0.4, 0.5) is 11.5 Å². The van der Waals surface area contributed by atoms with E-state index < -0.39 is 0 Å².